The van der Waals surface area contributed by atoms with Crippen LogP contribution in [-0.4, -0.2) is 37.5 Å². The molecule has 3 atom stereocenters. The van der Waals surface area contributed by atoms with Gasteiger partial charge < -0.3 is 10.2 Å². The van der Waals surface area contributed by atoms with Gasteiger partial charge in [-0.3, -0.25) is 4.79 Å². The van der Waals surface area contributed by atoms with Gasteiger partial charge in [0.05, 0.1) is 5.41 Å². The number of amides is 1. The first-order valence-corrected chi connectivity index (χ1v) is 5.99. The maximum atomic E-state index is 12.2. The first-order valence-electron chi connectivity index (χ1n) is 5.99. The molecular formula is C12H22N2O. The summed E-state index contributed by atoms with van der Waals surface area (Å²) < 4.78 is 0. The number of nitrogens with zero attached hydrogens (tertiary/aromatic N) is 1. The van der Waals surface area contributed by atoms with Gasteiger partial charge >= 0.3 is 0 Å². The minimum absolute atomic E-state index is 0.146. The van der Waals surface area contributed by atoms with Crippen LogP contribution in [0.3, 0.4) is 0 Å². The van der Waals surface area contributed by atoms with E-state index in [0.717, 1.165) is 37.9 Å². The highest BCUT2D eigenvalue weighted by molar-refractivity contribution is 5.82. The summed E-state index contributed by atoms with van der Waals surface area (Å²) in [5.74, 6) is 1.92. The van der Waals surface area contributed by atoms with Gasteiger partial charge in [0.25, 0.3) is 0 Å². The molecule has 0 radical (unpaired) electrons. The summed E-state index contributed by atoms with van der Waals surface area (Å²) in [5, 5.41) is 3.28. The van der Waals surface area contributed by atoms with Crippen LogP contribution in [0.1, 0.15) is 26.7 Å². The van der Waals surface area contributed by atoms with Crippen molar-refractivity contribution in [2.75, 3.05) is 26.7 Å². The minimum Gasteiger partial charge on any atom is -0.345 e. The van der Waals surface area contributed by atoms with Crippen LogP contribution in [-0.2, 0) is 4.79 Å². The first kappa shape index (κ1) is 10.9. The second-order valence-electron chi connectivity index (χ2n) is 5.65. The molecule has 3 unspecified atom stereocenters. The molecule has 2 rings (SSSR count). The summed E-state index contributed by atoms with van der Waals surface area (Å²) in [4.78, 5) is 14.2. The van der Waals surface area contributed by atoms with Crippen molar-refractivity contribution in [1.82, 2.24) is 10.2 Å². The van der Waals surface area contributed by atoms with Gasteiger partial charge in [-0.2, -0.15) is 0 Å². The largest absolute Gasteiger partial charge is 0.345 e. The molecule has 1 N–H and O–H groups in total. The van der Waals surface area contributed by atoms with Crippen LogP contribution in [0, 0.1) is 17.3 Å². The number of hydrogen-bond acceptors (Lipinski definition) is 2. The van der Waals surface area contributed by atoms with Gasteiger partial charge in [0.15, 0.2) is 0 Å². The zero-order valence-electron chi connectivity index (χ0n) is 10.0. The molecule has 0 aromatic rings. The fraction of sp³-hybridized carbons (Fsp3) is 0.917. The quantitative estimate of drug-likeness (QED) is 0.756. The van der Waals surface area contributed by atoms with Crippen molar-refractivity contribution in [1.29, 1.82) is 0 Å². The highest BCUT2D eigenvalue weighted by Gasteiger charge is 2.41. The van der Waals surface area contributed by atoms with E-state index >= 15 is 0 Å². The van der Waals surface area contributed by atoms with Crippen molar-refractivity contribution in [3.05, 3.63) is 0 Å². The van der Waals surface area contributed by atoms with Gasteiger partial charge in [-0.05, 0) is 38.1 Å². The van der Waals surface area contributed by atoms with Crippen LogP contribution < -0.4 is 5.32 Å². The average molecular weight is 210 g/mol. The Balaban J connectivity index is 1.88. The van der Waals surface area contributed by atoms with Crippen molar-refractivity contribution < 1.29 is 4.79 Å². The fourth-order valence-electron chi connectivity index (χ4n) is 2.55. The Hall–Kier alpha value is -0.570. The van der Waals surface area contributed by atoms with Crippen molar-refractivity contribution in [2.45, 2.75) is 26.7 Å². The molecule has 1 saturated heterocycles. The van der Waals surface area contributed by atoms with E-state index in [1.165, 1.54) is 6.42 Å². The number of carbonyl (C=O) groups is 1. The highest BCUT2D eigenvalue weighted by atomic mass is 16.2. The van der Waals surface area contributed by atoms with Crippen LogP contribution in [0.5, 0.6) is 0 Å². The average Bonchev–Trinajstić information content (AvgIpc) is 2.70. The number of carbonyl (C=O) groups excluding carboxylic acids is 1. The molecule has 2 fully saturated rings. The maximum absolute atomic E-state index is 12.2. The summed E-state index contributed by atoms with van der Waals surface area (Å²) in [6.45, 7) is 7.13. The summed E-state index contributed by atoms with van der Waals surface area (Å²) in [7, 11) is 1.96. The summed E-state index contributed by atoms with van der Waals surface area (Å²) >= 11 is 0. The lowest BCUT2D eigenvalue weighted by Crippen LogP contribution is -2.42. The molecule has 0 aromatic carbocycles. The van der Waals surface area contributed by atoms with Gasteiger partial charge in [0.2, 0.25) is 5.91 Å². The molecule has 0 spiro atoms. The Labute approximate surface area is 92.2 Å². The molecule has 1 aliphatic heterocycles. The van der Waals surface area contributed by atoms with Gasteiger partial charge in [0.1, 0.15) is 0 Å². The van der Waals surface area contributed by atoms with E-state index in [4.69, 9.17) is 0 Å². The van der Waals surface area contributed by atoms with Crippen LogP contribution in [0.25, 0.3) is 0 Å². The van der Waals surface area contributed by atoms with Crippen LogP contribution in [0.15, 0.2) is 0 Å². The fourth-order valence-corrected chi connectivity index (χ4v) is 2.55. The van der Waals surface area contributed by atoms with Gasteiger partial charge in [-0.15, -0.1) is 0 Å². The zero-order chi connectivity index (χ0) is 11.1. The lowest BCUT2D eigenvalue weighted by Gasteiger charge is -2.28. The van der Waals surface area contributed by atoms with Crippen LogP contribution in [0.4, 0.5) is 0 Å². The number of rotatable bonds is 3. The molecule has 2 aliphatic rings. The topological polar surface area (TPSA) is 32.3 Å². The predicted octanol–water partition coefficient (Wildman–Crippen LogP) is 1.10. The van der Waals surface area contributed by atoms with E-state index in [1.807, 2.05) is 11.9 Å². The number of hydrogen-bond donors (Lipinski definition) is 1. The maximum Gasteiger partial charge on any atom is 0.229 e. The summed E-state index contributed by atoms with van der Waals surface area (Å²) in [6.07, 6.45) is 2.28. The third kappa shape index (κ3) is 2.17. The molecule has 1 amide bonds. The molecule has 0 aromatic heterocycles. The monoisotopic (exact) mass is 210 g/mol. The molecule has 15 heavy (non-hydrogen) atoms. The normalized spacial score (nSPS) is 39.1. The van der Waals surface area contributed by atoms with Gasteiger partial charge in [0, 0.05) is 20.1 Å². The van der Waals surface area contributed by atoms with E-state index in [1.54, 1.807) is 0 Å². The van der Waals surface area contributed by atoms with Crippen molar-refractivity contribution >= 4 is 5.91 Å². The van der Waals surface area contributed by atoms with Crippen molar-refractivity contribution in [2.24, 2.45) is 17.3 Å². The van der Waals surface area contributed by atoms with Gasteiger partial charge in [-0.25, -0.2) is 0 Å². The van der Waals surface area contributed by atoms with E-state index in [-0.39, 0.29) is 5.41 Å². The molecule has 86 valence electrons. The van der Waals surface area contributed by atoms with Gasteiger partial charge in [-0.1, -0.05) is 6.92 Å². The zero-order valence-corrected chi connectivity index (χ0v) is 10.0. The third-order valence-electron chi connectivity index (χ3n) is 4.02. The smallest absolute Gasteiger partial charge is 0.229 e. The first-order chi connectivity index (χ1) is 7.03. The molecule has 1 saturated carbocycles. The Kier molecular flexibility index (Phi) is 2.75. The summed E-state index contributed by atoms with van der Waals surface area (Å²) in [5.41, 5.74) is -0.146. The lowest BCUT2D eigenvalue weighted by atomic mass is 9.88. The minimum atomic E-state index is -0.146. The SMILES string of the molecule is CC1CC1CN(C)C(=O)C1(C)CCNC1. The predicted molar refractivity (Wildman–Crippen MR) is 60.5 cm³/mol. The lowest BCUT2D eigenvalue weighted by molar-refractivity contribution is -0.139. The molecule has 3 heteroatoms. The Morgan fingerprint density at radius 3 is 2.73 bits per heavy atom. The molecule has 1 aliphatic carbocycles. The van der Waals surface area contributed by atoms with E-state index in [0.29, 0.717) is 5.91 Å². The Morgan fingerprint density at radius 2 is 2.27 bits per heavy atom. The Morgan fingerprint density at radius 1 is 1.60 bits per heavy atom. The second kappa shape index (κ2) is 3.78. The van der Waals surface area contributed by atoms with Crippen molar-refractivity contribution in [3.63, 3.8) is 0 Å². The standard InChI is InChI=1S/C12H22N2O/c1-9-6-10(9)7-14(3)11(15)12(2)4-5-13-8-12/h9-10,13H,4-8H2,1-3H3. The van der Waals surface area contributed by atoms with Crippen LogP contribution >= 0.6 is 0 Å². The third-order valence-corrected chi connectivity index (χ3v) is 4.02. The molecule has 1 heterocycles. The Bertz CT molecular complexity index is 258. The van der Waals surface area contributed by atoms with Crippen molar-refractivity contribution in [3.8, 4) is 0 Å². The molecule has 0 bridgehead atoms. The highest BCUT2D eigenvalue weighted by Crippen LogP contribution is 2.38. The van der Waals surface area contributed by atoms with E-state index in [2.05, 4.69) is 19.2 Å². The molecular weight excluding hydrogens is 188 g/mol. The summed E-state index contributed by atoms with van der Waals surface area (Å²) in [6, 6.07) is 0. The second-order valence-corrected chi connectivity index (χ2v) is 5.65. The van der Waals surface area contributed by atoms with E-state index < -0.39 is 0 Å². The van der Waals surface area contributed by atoms with Crippen LogP contribution in [0.2, 0.25) is 0 Å². The number of nitrogens with one attached hydrogen (secondary N) is 1. The molecule has 3 nitrogen and oxygen atoms in total. The van der Waals surface area contributed by atoms with E-state index in [9.17, 15) is 4.79 Å².